The van der Waals surface area contributed by atoms with E-state index in [1.54, 1.807) is 0 Å². The van der Waals surface area contributed by atoms with Gasteiger partial charge in [0, 0.05) is 0 Å². The van der Waals surface area contributed by atoms with Crippen LogP contribution in [0.2, 0.25) is 0 Å². The number of hydrogen-bond donors (Lipinski definition) is 0. The first-order valence-electron chi connectivity index (χ1n) is 3.57. The predicted molar refractivity (Wildman–Crippen MR) is 42.7 cm³/mol. The first kappa shape index (κ1) is 9.82. The first-order valence-corrected chi connectivity index (χ1v) is 5.10. The minimum atomic E-state index is -0.990. The van der Waals surface area contributed by atoms with Crippen molar-refractivity contribution >= 4 is 9.52 Å². The number of rotatable bonds is 5. The third kappa shape index (κ3) is 5.94. The van der Waals surface area contributed by atoms with Crippen LogP contribution in [0, 0.1) is 6.04 Å². The van der Waals surface area contributed by atoms with Crippen LogP contribution < -0.4 is 0 Å². The molecule has 0 amide bonds. The van der Waals surface area contributed by atoms with Crippen LogP contribution in [-0.2, 0) is 0 Å². The summed E-state index contributed by atoms with van der Waals surface area (Å²) >= 11 is 0. The molecule has 0 spiro atoms. The molecule has 0 aliphatic rings. The lowest BCUT2D eigenvalue weighted by Gasteiger charge is -1.93. The molecule has 0 nitrogen and oxygen atoms in total. The van der Waals surface area contributed by atoms with Gasteiger partial charge in [-0.3, -0.25) is 0 Å². The molecule has 0 aliphatic heterocycles. The lowest BCUT2D eigenvalue weighted by Crippen LogP contribution is -1.92. The topological polar surface area (TPSA) is 0 Å². The summed E-state index contributed by atoms with van der Waals surface area (Å²) in [5, 5.41) is 0. The van der Waals surface area contributed by atoms with Gasteiger partial charge in [-0.2, -0.15) is 0 Å². The summed E-state index contributed by atoms with van der Waals surface area (Å²) in [5.41, 5.74) is -0.545. The second kappa shape index (κ2) is 6.93. The monoisotopic (exact) mass is 163 g/mol. The Kier molecular flexibility index (Phi) is 6.80. The van der Waals surface area contributed by atoms with E-state index in [-0.39, 0.29) is 6.33 Å². The molecule has 0 saturated carbocycles. The minimum absolute atomic E-state index is 0.0780. The molecule has 0 bridgehead atoms. The smallest absolute Gasteiger partial charge is 0.113 e. The summed E-state index contributed by atoms with van der Waals surface area (Å²) in [6.45, 7) is 2.08. The van der Waals surface area contributed by atoms with Crippen molar-refractivity contribution in [2.75, 3.05) is 0 Å². The maximum atomic E-state index is 12.1. The Morgan fingerprint density at radius 1 is 1.60 bits per heavy atom. The summed E-state index contributed by atoms with van der Waals surface area (Å²) in [5.74, 6) is 0. The summed E-state index contributed by atoms with van der Waals surface area (Å²) in [6.07, 6.45) is 3.22. The Morgan fingerprint density at radius 2 is 2.30 bits per heavy atom. The third-order valence-electron chi connectivity index (χ3n) is 1.22. The van der Waals surface area contributed by atoms with Gasteiger partial charge in [-0.25, -0.2) is 8.78 Å². The second-order valence-electron chi connectivity index (χ2n) is 2.19. The van der Waals surface area contributed by atoms with Crippen LogP contribution in [0.1, 0.15) is 26.2 Å². The quantitative estimate of drug-likeness (QED) is 0.431. The summed E-state index contributed by atoms with van der Waals surface area (Å²) in [7, 11) is -0.990. The van der Waals surface area contributed by atoms with Gasteiger partial charge in [0.1, 0.15) is 11.8 Å². The lowest BCUT2D eigenvalue weighted by atomic mass is 10.3. The molecule has 0 heterocycles. The molecule has 3 heteroatoms. The lowest BCUT2D eigenvalue weighted by molar-refractivity contribution is 0.623. The van der Waals surface area contributed by atoms with Crippen LogP contribution in [0.25, 0.3) is 0 Å². The van der Waals surface area contributed by atoms with Gasteiger partial charge in [0.05, 0.1) is 9.52 Å². The van der Waals surface area contributed by atoms with Crippen molar-refractivity contribution in [2.45, 2.75) is 26.2 Å². The largest absolute Gasteiger partial charge is 0.216 e. The van der Waals surface area contributed by atoms with Gasteiger partial charge in [0.2, 0.25) is 0 Å². The average molecular weight is 163 g/mol. The van der Waals surface area contributed by atoms with Gasteiger partial charge < -0.3 is 0 Å². The summed E-state index contributed by atoms with van der Waals surface area (Å²) in [6, 6.07) is 1.90. The maximum Gasteiger partial charge on any atom is 0.113 e. The van der Waals surface area contributed by atoms with Gasteiger partial charge in [-0.05, 0) is 6.04 Å². The van der Waals surface area contributed by atoms with Crippen molar-refractivity contribution in [1.82, 2.24) is 0 Å². The van der Waals surface area contributed by atoms with E-state index in [1.165, 1.54) is 0 Å². The molecule has 0 aromatic heterocycles. The zero-order valence-corrected chi connectivity index (χ0v) is 7.65. The molecule has 0 saturated heterocycles. The molecule has 0 unspecified atom stereocenters. The molecule has 59 valence electrons. The fourth-order valence-corrected chi connectivity index (χ4v) is 1.49. The highest BCUT2D eigenvalue weighted by atomic mass is 28.2. The molecule has 0 aromatic rings. The van der Waals surface area contributed by atoms with Gasteiger partial charge in [0.25, 0.3) is 0 Å². The first-order chi connectivity index (χ1) is 4.81. The minimum Gasteiger partial charge on any atom is -0.216 e. The zero-order valence-electron chi connectivity index (χ0n) is 6.24. The van der Waals surface area contributed by atoms with Crippen LogP contribution >= 0.6 is 0 Å². The molecule has 0 N–H and O–H groups in total. The Labute approximate surface area is 63.1 Å². The highest BCUT2D eigenvalue weighted by molar-refractivity contribution is 6.48. The van der Waals surface area contributed by atoms with E-state index >= 15 is 0 Å². The molecular formula is C7H13F2Si. The Morgan fingerprint density at radius 3 is 2.80 bits per heavy atom. The van der Waals surface area contributed by atoms with Crippen LogP contribution in [0.4, 0.5) is 8.78 Å². The van der Waals surface area contributed by atoms with Crippen molar-refractivity contribution < 1.29 is 8.78 Å². The van der Waals surface area contributed by atoms with E-state index in [4.69, 9.17) is 0 Å². The average Bonchev–Trinajstić information content (AvgIpc) is 1.98. The molecule has 10 heavy (non-hydrogen) atoms. The molecule has 0 aliphatic carbocycles. The van der Waals surface area contributed by atoms with Gasteiger partial charge in [-0.15, -0.1) is 0 Å². The molecule has 0 atom stereocenters. The van der Waals surface area contributed by atoms with Gasteiger partial charge >= 0.3 is 0 Å². The molecule has 0 rings (SSSR count). The van der Waals surface area contributed by atoms with Crippen molar-refractivity contribution in [1.29, 1.82) is 0 Å². The number of hydrogen-bond acceptors (Lipinski definition) is 0. The highest BCUT2D eigenvalue weighted by Crippen LogP contribution is 2.01. The van der Waals surface area contributed by atoms with Crippen molar-refractivity contribution in [2.24, 2.45) is 0 Å². The van der Waals surface area contributed by atoms with Gasteiger partial charge in [-0.1, -0.05) is 26.2 Å². The standard InChI is InChI=1S/C7H13F2Si/c1-2-3-4-5-10-7(9)6-8/h5-6H,2-4,10H2,1H3/b7-6+. The van der Waals surface area contributed by atoms with Crippen LogP contribution in [0.15, 0.2) is 11.8 Å². The molecular weight excluding hydrogens is 150 g/mol. The van der Waals surface area contributed by atoms with E-state index in [9.17, 15) is 8.78 Å². The molecule has 0 fully saturated rings. The SMILES string of the molecule is CCCC[CH][SiH2]/C(F)=C/F. The van der Waals surface area contributed by atoms with E-state index in [0.29, 0.717) is 0 Å². The predicted octanol–water partition coefficient (Wildman–Crippen LogP) is 2.25. The van der Waals surface area contributed by atoms with E-state index < -0.39 is 15.0 Å². The van der Waals surface area contributed by atoms with Crippen LogP contribution in [-0.4, -0.2) is 9.52 Å². The fraction of sp³-hybridized carbons (Fsp3) is 0.571. The fourth-order valence-electron chi connectivity index (χ4n) is 0.633. The van der Waals surface area contributed by atoms with Crippen LogP contribution in [0.5, 0.6) is 0 Å². The Bertz CT molecular complexity index is 102. The second-order valence-corrected chi connectivity index (χ2v) is 3.85. The Balaban J connectivity index is 3.04. The number of halogens is 2. The zero-order chi connectivity index (χ0) is 7.82. The third-order valence-corrected chi connectivity index (χ3v) is 2.46. The van der Waals surface area contributed by atoms with Crippen molar-refractivity contribution in [3.63, 3.8) is 0 Å². The van der Waals surface area contributed by atoms with Crippen LogP contribution in [0.3, 0.4) is 0 Å². The normalized spacial score (nSPS) is 13.3. The Hall–Kier alpha value is -0.183. The summed E-state index contributed by atoms with van der Waals surface area (Å²) < 4.78 is 23.4. The number of unbranched alkanes of at least 4 members (excludes halogenated alkanes) is 2. The molecule has 0 aromatic carbocycles. The maximum absolute atomic E-state index is 12.1. The van der Waals surface area contributed by atoms with E-state index in [1.807, 2.05) is 6.04 Å². The summed E-state index contributed by atoms with van der Waals surface area (Å²) in [4.78, 5) is 0. The van der Waals surface area contributed by atoms with Gasteiger partial charge in [0.15, 0.2) is 0 Å². The molecule has 1 radical (unpaired) electrons. The van der Waals surface area contributed by atoms with Crippen molar-refractivity contribution in [3.8, 4) is 0 Å². The highest BCUT2D eigenvalue weighted by Gasteiger charge is 1.94. The van der Waals surface area contributed by atoms with E-state index in [0.717, 1.165) is 19.3 Å². The van der Waals surface area contributed by atoms with Crippen molar-refractivity contribution in [3.05, 3.63) is 17.8 Å². The van der Waals surface area contributed by atoms with E-state index in [2.05, 4.69) is 6.92 Å².